The Morgan fingerprint density at radius 3 is 2.91 bits per heavy atom. The van der Waals surface area contributed by atoms with Gasteiger partial charge in [-0.2, -0.15) is 0 Å². The second-order valence-corrected chi connectivity index (χ2v) is 4.87. The summed E-state index contributed by atoms with van der Waals surface area (Å²) in [7, 11) is 0. The Bertz CT molecular complexity index is 842. The number of hydrogen-bond acceptors (Lipinski definition) is 4. The second-order valence-electron chi connectivity index (χ2n) is 4.87. The Hall–Kier alpha value is -2.82. The van der Waals surface area contributed by atoms with E-state index < -0.39 is 0 Å². The van der Waals surface area contributed by atoms with Gasteiger partial charge in [0.15, 0.2) is 0 Å². The van der Waals surface area contributed by atoms with Crippen LogP contribution in [0.15, 0.2) is 53.3 Å². The lowest BCUT2D eigenvalue weighted by Gasteiger charge is -2.08. The Morgan fingerprint density at radius 1 is 1.18 bits per heavy atom. The van der Waals surface area contributed by atoms with Crippen molar-refractivity contribution in [3.8, 4) is 5.75 Å². The molecule has 22 heavy (non-hydrogen) atoms. The number of benzene rings is 2. The van der Waals surface area contributed by atoms with Crippen molar-refractivity contribution in [2.75, 3.05) is 11.9 Å². The summed E-state index contributed by atoms with van der Waals surface area (Å²) < 4.78 is 5.47. The number of ether oxygens (including phenoxy) is 1. The van der Waals surface area contributed by atoms with Gasteiger partial charge in [-0.25, -0.2) is 4.98 Å². The quantitative estimate of drug-likeness (QED) is 0.759. The van der Waals surface area contributed by atoms with Crippen molar-refractivity contribution in [1.82, 2.24) is 9.97 Å². The first-order valence-corrected chi connectivity index (χ1v) is 7.21. The number of hydrogen-bond donors (Lipinski definition) is 2. The molecule has 1 aromatic heterocycles. The molecule has 0 radical (unpaired) electrons. The third-order valence-electron chi connectivity index (χ3n) is 3.28. The molecule has 1 heterocycles. The standard InChI is InChI=1S/C17H17N3O2/c1-2-22-13-7-5-6-12(10-13)11-18-17-19-15-9-4-3-8-14(15)16(21)20-17/h3-10H,2,11H2,1H3,(H2,18,19,20,21). The predicted molar refractivity (Wildman–Crippen MR) is 87.3 cm³/mol. The Labute approximate surface area is 128 Å². The van der Waals surface area contributed by atoms with Gasteiger partial charge in [-0.05, 0) is 36.8 Å². The summed E-state index contributed by atoms with van der Waals surface area (Å²) in [5, 5.41) is 3.73. The fourth-order valence-electron chi connectivity index (χ4n) is 2.27. The molecule has 5 heteroatoms. The number of fused-ring (bicyclic) bond motifs is 1. The smallest absolute Gasteiger partial charge is 0.260 e. The molecule has 0 aliphatic rings. The summed E-state index contributed by atoms with van der Waals surface area (Å²) >= 11 is 0. The number of nitrogens with zero attached hydrogens (tertiary/aromatic N) is 1. The third kappa shape index (κ3) is 3.09. The Kier molecular flexibility index (Phi) is 4.05. The molecule has 0 amide bonds. The highest BCUT2D eigenvalue weighted by molar-refractivity contribution is 5.78. The molecular formula is C17H17N3O2. The predicted octanol–water partition coefficient (Wildman–Crippen LogP) is 2.93. The van der Waals surface area contributed by atoms with Crippen LogP contribution in [0, 0.1) is 0 Å². The molecule has 0 atom stereocenters. The van der Waals surface area contributed by atoms with Crippen LogP contribution in [0.3, 0.4) is 0 Å². The molecule has 0 spiro atoms. The van der Waals surface area contributed by atoms with E-state index in [4.69, 9.17) is 4.74 Å². The first-order chi connectivity index (χ1) is 10.8. The van der Waals surface area contributed by atoms with Crippen molar-refractivity contribution in [3.05, 3.63) is 64.4 Å². The van der Waals surface area contributed by atoms with Gasteiger partial charge < -0.3 is 10.1 Å². The van der Waals surface area contributed by atoms with E-state index in [1.807, 2.05) is 49.4 Å². The van der Waals surface area contributed by atoms with Gasteiger partial charge in [-0.3, -0.25) is 9.78 Å². The number of aromatic amines is 1. The number of anilines is 1. The minimum absolute atomic E-state index is 0.142. The van der Waals surface area contributed by atoms with E-state index >= 15 is 0 Å². The van der Waals surface area contributed by atoms with Crippen LogP contribution in [0.4, 0.5) is 5.95 Å². The van der Waals surface area contributed by atoms with E-state index in [2.05, 4.69) is 15.3 Å². The maximum atomic E-state index is 12.0. The molecule has 5 nitrogen and oxygen atoms in total. The monoisotopic (exact) mass is 295 g/mol. The van der Waals surface area contributed by atoms with Crippen LogP contribution in [0.25, 0.3) is 10.9 Å². The molecule has 3 rings (SSSR count). The molecule has 0 bridgehead atoms. The molecule has 3 aromatic rings. The summed E-state index contributed by atoms with van der Waals surface area (Å²) in [4.78, 5) is 19.2. The van der Waals surface area contributed by atoms with Crippen molar-refractivity contribution in [2.24, 2.45) is 0 Å². The fourth-order valence-corrected chi connectivity index (χ4v) is 2.27. The molecule has 0 aliphatic heterocycles. The molecule has 0 aliphatic carbocycles. The molecule has 0 fully saturated rings. The summed E-state index contributed by atoms with van der Waals surface area (Å²) in [5.41, 5.74) is 1.59. The van der Waals surface area contributed by atoms with Crippen LogP contribution >= 0.6 is 0 Å². The van der Waals surface area contributed by atoms with Crippen molar-refractivity contribution in [2.45, 2.75) is 13.5 Å². The fraction of sp³-hybridized carbons (Fsp3) is 0.176. The van der Waals surface area contributed by atoms with Crippen LogP contribution < -0.4 is 15.6 Å². The number of aromatic nitrogens is 2. The number of H-pyrrole nitrogens is 1. The molecule has 2 aromatic carbocycles. The maximum absolute atomic E-state index is 12.0. The topological polar surface area (TPSA) is 67.0 Å². The minimum Gasteiger partial charge on any atom is -0.494 e. The van der Waals surface area contributed by atoms with E-state index in [-0.39, 0.29) is 5.56 Å². The van der Waals surface area contributed by atoms with E-state index in [1.54, 1.807) is 6.07 Å². The molecule has 2 N–H and O–H groups in total. The summed E-state index contributed by atoms with van der Waals surface area (Å²) in [6.07, 6.45) is 0. The highest BCUT2D eigenvalue weighted by atomic mass is 16.5. The summed E-state index contributed by atoms with van der Waals surface area (Å²) in [5.74, 6) is 1.30. The van der Waals surface area contributed by atoms with Crippen LogP contribution in [-0.2, 0) is 6.54 Å². The zero-order valence-electron chi connectivity index (χ0n) is 12.3. The van der Waals surface area contributed by atoms with E-state index in [0.717, 1.165) is 11.3 Å². The zero-order valence-corrected chi connectivity index (χ0v) is 12.3. The first kappa shape index (κ1) is 14.1. The van der Waals surface area contributed by atoms with Gasteiger partial charge in [0.05, 0.1) is 17.5 Å². The van der Waals surface area contributed by atoms with Gasteiger partial charge in [-0.1, -0.05) is 24.3 Å². The van der Waals surface area contributed by atoms with Gasteiger partial charge in [0.25, 0.3) is 5.56 Å². The lowest BCUT2D eigenvalue weighted by atomic mass is 10.2. The second kappa shape index (κ2) is 6.30. The van der Waals surface area contributed by atoms with Gasteiger partial charge >= 0.3 is 0 Å². The molecule has 0 saturated carbocycles. The molecule has 0 unspecified atom stereocenters. The maximum Gasteiger partial charge on any atom is 0.260 e. The highest BCUT2D eigenvalue weighted by Crippen LogP contribution is 2.14. The number of para-hydroxylation sites is 1. The largest absolute Gasteiger partial charge is 0.494 e. The molecule has 0 saturated heterocycles. The third-order valence-corrected chi connectivity index (χ3v) is 3.28. The van der Waals surface area contributed by atoms with Crippen molar-refractivity contribution in [1.29, 1.82) is 0 Å². The Balaban J connectivity index is 1.79. The van der Waals surface area contributed by atoms with Gasteiger partial charge in [0.1, 0.15) is 5.75 Å². The van der Waals surface area contributed by atoms with Crippen LogP contribution in [0.5, 0.6) is 5.75 Å². The van der Waals surface area contributed by atoms with E-state index in [0.29, 0.717) is 30.0 Å². The van der Waals surface area contributed by atoms with Gasteiger partial charge in [0, 0.05) is 6.54 Å². The number of nitrogens with one attached hydrogen (secondary N) is 2. The molecule has 112 valence electrons. The van der Waals surface area contributed by atoms with Crippen LogP contribution in [0.1, 0.15) is 12.5 Å². The number of rotatable bonds is 5. The SMILES string of the molecule is CCOc1cccc(CNc2nc3ccccc3c(=O)[nH]2)c1. The van der Waals surface area contributed by atoms with E-state index in [9.17, 15) is 4.79 Å². The average Bonchev–Trinajstić information content (AvgIpc) is 2.54. The normalized spacial score (nSPS) is 10.6. The van der Waals surface area contributed by atoms with Crippen molar-refractivity contribution in [3.63, 3.8) is 0 Å². The van der Waals surface area contributed by atoms with Crippen LogP contribution in [0.2, 0.25) is 0 Å². The average molecular weight is 295 g/mol. The molecular weight excluding hydrogens is 278 g/mol. The lowest BCUT2D eigenvalue weighted by Crippen LogP contribution is -2.13. The summed E-state index contributed by atoms with van der Waals surface area (Å²) in [6.45, 7) is 3.15. The van der Waals surface area contributed by atoms with Crippen molar-refractivity contribution >= 4 is 16.9 Å². The Morgan fingerprint density at radius 2 is 2.05 bits per heavy atom. The lowest BCUT2D eigenvalue weighted by molar-refractivity contribution is 0.340. The summed E-state index contributed by atoms with van der Waals surface area (Å²) in [6, 6.07) is 15.1. The van der Waals surface area contributed by atoms with Gasteiger partial charge in [0.2, 0.25) is 5.95 Å². The van der Waals surface area contributed by atoms with E-state index in [1.165, 1.54) is 0 Å². The first-order valence-electron chi connectivity index (χ1n) is 7.21. The highest BCUT2D eigenvalue weighted by Gasteiger charge is 2.03. The van der Waals surface area contributed by atoms with Crippen molar-refractivity contribution < 1.29 is 4.74 Å². The minimum atomic E-state index is -0.142. The zero-order chi connectivity index (χ0) is 15.4. The van der Waals surface area contributed by atoms with Gasteiger partial charge in [-0.15, -0.1) is 0 Å². The van der Waals surface area contributed by atoms with Crippen LogP contribution in [-0.4, -0.2) is 16.6 Å².